The summed E-state index contributed by atoms with van der Waals surface area (Å²) in [4.78, 5) is 15.6. The number of hydrogen-bond acceptors (Lipinski definition) is 4. The molecule has 0 saturated carbocycles. The minimum absolute atomic E-state index is 0.0293. The third-order valence-corrected chi connectivity index (χ3v) is 4.84. The van der Waals surface area contributed by atoms with Gasteiger partial charge in [0.2, 0.25) is 5.91 Å². The van der Waals surface area contributed by atoms with Crippen molar-refractivity contribution in [3.05, 3.63) is 59.4 Å². The van der Waals surface area contributed by atoms with E-state index in [1.165, 1.54) is 23.5 Å². The first-order valence-corrected chi connectivity index (χ1v) is 8.58. The number of nitrogens with zero attached hydrogens (tertiary/aromatic N) is 2. The lowest BCUT2D eigenvalue weighted by molar-refractivity contribution is -0.116. The van der Waals surface area contributed by atoms with Crippen LogP contribution in [0.4, 0.5) is 25.2 Å². The van der Waals surface area contributed by atoms with Gasteiger partial charge in [-0.1, -0.05) is 4.48 Å². The lowest BCUT2D eigenvalue weighted by atomic mass is 10.0. The minimum atomic E-state index is -0.352. The number of aromatic nitrogens is 1. The van der Waals surface area contributed by atoms with Crippen molar-refractivity contribution in [1.82, 2.24) is 4.98 Å². The molecule has 1 aliphatic rings. The van der Waals surface area contributed by atoms with Gasteiger partial charge in [0.1, 0.15) is 11.5 Å². The first-order valence-electron chi connectivity index (χ1n) is 7.70. The molecule has 2 heterocycles. The average molecular weight is 357 g/mol. The largest absolute Gasteiger partial charge is 0.326 e. The number of amides is 1. The summed E-state index contributed by atoms with van der Waals surface area (Å²) in [6, 6.07) is 10.8. The van der Waals surface area contributed by atoms with E-state index in [1.807, 2.05) is 0 Å². The molecule has 0 saturated heterocycles. The van der Waals surface area contributed by atoms with Gasteiger partial charge in [0, 0.05) is 17.7 Å². The van der Waals surface area contributed by atoms with Crippen molar-refractivity contribution >= 4 is 33.6 Å². The van der Waals surface area contributed by atoms with Crippen molar-refractivity contribution in [3.8, 4) is 11.3 Å². The maximum atomic E-state index is 15.0. The Morgan fingerprint density at radius 1 is 1.12 bits per heavy atom. The van der Waals surface area contributed by atoms with Crippen LogP contribution in [0.2, 0.25) is 0 Å². The second-order valence-electron chi connectivity index (χ2n) is 5.68. The summed E-state index contributed by atoms with van der Waals surface area (Å²) >= 11 is 1.17. The number of carbonyl (C=O) groups is 1. The number of nitrogens with one attached hydrogen (secondary N) is 1. The summed E-state index contributed by atoms with van der Waals surface area (Å²) in [6.07, 6.45) is 0.973. The Morgan fingerprint density at radius 2 is 1.92 bits per heavy atom. The number of benzene rings is 2. The molecule has 4 nitrogen and oxygen atoms in total. The maximum Gasteiger partial charge on any atom is 0.224 e. The molecule has 0 spiro atoms. The number of fused-ring (bicyclic) bond motifs is 1. The lowest BCUT2D eigenvalue weighted by Crippen LogP contribution is -2.19. The summed E-state index contributed by atoms with van der Waals surface area (Å²) in [5.41, 5.74) is 4.63. The molecule has 2 aromatic carbocycles. The number of anilines is 3. The van der Waals surface area contributed by atoms with Crippen molar-refractivity contribution in [2.45, 2.75) is 12.8 Å². The highest BCUT2D eigenvalue weighted by atomic mass is 32.1. The number of carbonyl (C=O) groups excluding carboxylic acids is 1. The second-order valence-corrected chi connectivity index (χ2v) is 6.52. The Kier molecular flexibility index (Phi) is 3.93. The highest BCUT2D eigenvalue weighted by Crippen LogP contribution is 2.39. The van der Waals surface area contributed by atoms with Crippen LogP contribution < -0.4 is 10.4 Å². The Labute approximate surface area is 146 Å². The fraction of sp³-hybridized carbons (Fsp3) is 0.111. The third kappa shape index (κ3) is 2.98. The average Bonchev–Trinajstić information content (AvgIpc) is 3.11. The molecule has 1 amide bonds. The topological polar surface area (TPSA) is 45.2 Å². The van der Waals surface area contributed by atoms with Gasteiger partial charge in [0.25, 0.3) is 0 Å². The van der Waals surface area contributed by atoms with E-state index in [1.54, 1.807) is 35.8 Å². The SMILES string of the molecule is O=C1CCc2cc(N(F)c3scnc3-c3ccc(F)cc3)ccc2N1. The van der Waals surface area contributed by atoms with Crippen LogP contribution in [0.5, 0.6) is 0 Å². The Bertz CT molecular complexity index is 940. The van der Waals surface area contributed by atoms with Crippen molar-refractivity contribution in [1.29, 1.82) is 0 Å². The van der Waals surface area contributed by atoms with E-state index in [-0.39, 0.29) is 11.7 Å². The zero-order valence-corrected chi connectivity index (χ0v) is 13.8. The molecule has 126 valence electrons. The molecule has 25 heavy (non-hydrogen) atoms. The number of aryl methyl sites for hydroxylation is 1. The molecular formula is C18H13F2N3OS. The lowest BCUT2D eigenvalue weighted by Gasteiger charge is -2.20. The molecule has 3 aromatic rings. The zero-order valence-electron chi connectivity index (χ0n) is 13.0. The van der Waals surface area contributed by atoms with E-state index >= 15 is 4.48 Å². The molecule has 7 heteroatoms. The van der Waals surface area contributed by atoms with E-state index in [0.717, 1.165) is 11.3 Å². The summed E-state index contributed by atoms with van der Waals surface area (Å²) in [5, 5.41) is 3.68. The molecule has 4 rings (SSSR count). The summed E-state index contributed by atoms with van der Waals surface area (Å²) in [7, 11) is 0. The van der Waals surface area contributed by atoms with E-state index in [9.17, 15) is 9.18 Å². The van der Waals surface area contributed by atoms with E-state index in [4.69, 9.17) is 0 Å². The third-order valence-electron chi connectivity index (χ3n) is 4.06. The molecule has 0 atom stereocenters. The Balaban J connectivity index is 1.68. The molecule has 1 N–H and O–H groups in total. The molecule has 0 fully saturated rings. The number of hydrogen-bond donors (Lipinski definition) is 1. The molecule has 1 aliphatic heterocycles. The van der Waals surface area contributed by atoms with Crippen molar-refractivity contribution in [2.75, 3.05) is 10.4 Å². The first kappa shape index (κ1) is 15.7. The molecule has 1 aromatic heterocycles. The standard InChI is InChI=1S/C18H13F2N3OS/c19-13-4-1-11(2-5-13)17-18(25-10-21-17)23(20)14-6-7-15-12(9-14)3-8-16(24)22-15/h1-2,4-7,9-10H,3,8H2,(H,22,24). The van der Waals surface area contributed by atoms with Crippen LogP contribution in [0.1, 0.15) is 12.0 Å². The van der Waals surface area contributed by atoms with Gasteiger partial charge in [-0.05, 0) is 54.4 Å². The van der Waals surface area contributed by atoms with Gasteiger partial charge < -0.3 is 5.32 Å². The maximum absolute atomic E-state index is 15.0. The fourth-order valence-corrected chi connectivity index (χ4v) is 3.53. The normalized spacial score (nSPS) is 13.3. The summed E-state index contributed by atoms with van der Waals surface area (Å²) in [6.45, 7) is 0. The van der Waals surface area contributed by atoms with Crippen LogP contribution in [0.15, 0.2) is 48.0 Å². The van der Waals surface area contributed by atoms with Crippen molar-refractivity contribution < 1.29 is 13.7 Å². The smallest absolute Gasteiger partial charge is 0.224 e. The van der Waals surface area contributed by atoms with Gasteiger partial charge in [-0.25, -0.2) is 9.37 Å². The number of halogens is 2. The van der Waals surface area contributed by atoms with Crippen LogP contribution in [0.3, 0.4) is 0 Å². The highest BCUT2D eigenvalue weighted by Gasteiger charge is 2.21. The monoisotopic (exact) mass is 357 g/mol. The van der Waals surface area contributed by atoms with Crippen LogP contribution in [-0.2, 0) is 11.2 Å². The van der Waals surface area contributed by atoms with E-state index in [2.05, 4.69) is 10.3 Å². The summed E-state index contributed by atoms with van der Waals surface area (Å²) < 4.78 is 28.1. The van der Waals surface area contributed by atoms with Gasteiger partial charge in [0.15, 0.2) is 5.00 Å². The fourth-order valence-electron chi connectivity index (χ4n) is 2.79. The highest BCUT2D eigenvalue weighted by molar-refractivity contribution is 7.14. The predicted molar refractivity (Wildman–Crippen MR) is 94.1 cm³/mol. The Hall–Kier alpha value is -2.80. The predicted octanol–water partition coefficient (Wildman–Crippen LogP) is 4.86. The van der Waals surface area contributed by atoms with Gasteiger partial charge in [-0.15, -0.1) is 11.3 Å². The van der Waals surface area contributed by atoms with Crippen LogP contribution in [0, 0.1) is 5.82 Å². The molecule has 0 bridgehead atoms. The van der Waals surface area contributed by atoms with Gasteiger partial charge in [-0.2, -0.15) is 5.12 Å². The molecule has 0 aliphatic carbocycles. The van der Waals surface area contributed by atoms with Crippen LogP contribution in [-0.4, -0.2) is 10.9 Å². The zero-order chi connectivity index (χ0) is 17.4. The molecule has 0 radical (unpaired) electrons. The van der Waals surface area contributed by atoms with Gasteiger partial charge >= 0.3 is 0 Å². The van der Waals surface area contributed by atoms with Crippen LogP contribution >= 0.6 is 11.3 Å². The molecule has 0 unspecified atom stereocenters. The van der Waals surface area contributed by atoms with E-state index < -0.39 is 0 Å². The van der Waals surface area contributed by atoms with Gasteiger partial charge in [-0.3, -0.25) is 4.79 Å². The quantitative estimate of drug-likeness (QED) is 0.681. The number of rotatable bonds is 3. The van der Waals surface area contributed by atoms with Gasteiger partial charge in [0.05, 0.1) is 11.2 Å². The molecular weight excluding hydrogens is 344 g/mol. The first-order chi connectivity index (χ1) is 12.1. The van der Waals surface area contributed by atoms with Crippen LogP contribution in [0.25, 0.3) is 11.3 Å². The minimum Gasteiger partial charge on any atom is -0.326 e. The van der Waals surface area contributed by atoms with Crippen molar-refractivity contribution in [3.63, 3.8) is 0 Å². The second kappa shape index (κ2) is 6.25. The van der Waals surface area contributed by atoms with E-state index in [0.29, 0.717) is 39.9 Å². The van der Waals surface area contributed by atoms with Crippen molar-refractivity contribution in [2.24, 2.45) is 0 Å². The Morgan fingerprint density at radius 3 is 2.72 bits per heavy atom. The summed E-state index contributed by atoms with van der Waals surface area (Å²) in [5.74, 6) is -0.382. The number of thiazole rings is 1.